The van der Waals surface area contributed by atoms with Gasteiger partial charge in [-0.25, -0.2) is 0 Å². The molecule has 0 aliphatic carbocycles. The summed E-state index contributed by atoms with van der Waals surface area (Å²) in [6.07, 6.45) is 0.964. The molecule has 106 valence electrons. The minimum atomic E-state index is 0.555. The van der Waals surface area contributed by atoms with Gasteiger partial charge in [0.05, 0.1) is 19.3 Å². The highest BCUT2D eigenvalue weighted by Crippen LogP contribution is 2.28. The summed E-state index contributed by atoms with van der Waals surface area (Å²) in [7, 11) is 1.57. The first-order valence-electron chi connectivity index (χ1n) is 6.87. The molecule has 3 rings (SSSR count). The van der Waals surface area contributed by atoms with Crippen LogP contribution in [0.3, 0.4) is 0 Å². The Morgan fingerprint density at radius 3 is 3.00 bits per heavy atom. The third kappa shape index (κ3) is 2.77. The van der Waals surface area contributed by atoms with E-state index < -0.39 is 0 Å². The highest BCUT2D eigenvalue weighted by Gasteiger charge is 2.11. The minimum absolute atomic E-state index is 0.555. The van der Waals surface area contributed by atoms with Crippen molar-refractivity contribution >= 4 is 5.69 Å². The quantitative estimate of drug-likeness (QED) is 0.935. The zero-order chi connectivity index (χ0) is 14.7. The topological polar surface area (TPSA) is 54.3 Å². The van der Waals surface area contributed by atoms with Crippen LogP contribution in [0.2, 0.25) is 0 Å². The third-order valence-electron chi connectivity index (χ3n) is 3.57. The molecule has 0 saturated carbocycles. The molecule has 1 aliphatic heterocycles. The number of nitrogens with one attached hydrogen (secondary N) is 1. The molecule has 0 saturated heterocycles. The molecule has 0 atom stereocenters. The number of nitrogens with zero attached hydrogens (tertiary/aromatic N) is 1. The molecule has 0 bridgehead atoms. The highest BCUT2D eigenvalue weighted by atomic mass is 16.5. The highest BCUT2D eigenvalue weighted by molar-refractivity contribution is 5.53. The van der Waals surface area contributed by atoms with E-state index in [1.165, 1.54) is 5.56 Å². The largest absolute Gasteiger partial charge is 0.495 e. The van der Waals surface area contributed by atoms with Gasteiger partial charge < -0.3 is 14.8 Å². The molecule has 4 heteroatoms. The first-order chi connectivity index (χ1) is 10.3. The lowest BCUT2D eigenvalue weighted by molar-refractivity contribution is 0.357. The molecule has 0 unspecified atom stereocenters. The van der Waals surface area contributed by atoms with Gasteiger partial charge in [0, 0.05) is 18.7 Å². The summed E-state index contributed by atoms with van der Waals surface area (Å²) in [5, 5.41) is 12.5. The Hall–Kier alpha value is -2.67. The maximum atomic E-state index is 9.10. The molecule has 0 fully saturated rings. The van der Waals surface area contributed by atoms with Crippen LogP contribution < -0.4 is 14.8 Å². The summed E-state index contributed by atoms with van der Waals surface area (Å²) in [6.45, 7) is 1.43. The predicted molar refractivity (Wildman–Crippen MR) is 80.7 cm³/mol. The molecule has 2 aromatic rings. The van der Waals surface area contributed by atoms with Crippen molar-refractivity contribution in [1.29, 1.82) is 5.26 Å². The fourth-order valence-electron chi connectivity index (χ4n) is 2.45. The molecule has 4 nitrogen and oxygen atoms in total. The number of methoxy groups -OCH3 is 1. The van der Waals surface area contributed by atoms with Crippen molar-refractivity contribution < 1.29 is 9.47 Å². The van der Waals surface area contributed by atoms with Gasteiger partial charge in [0.1, 0.15) is 17.6 Å². The molecule has 0 spiro atoms. The summed E-state index contributed by atoms with van der Waals surface area (Å²) in [5.41, 5.74) is 3.91. The lowest BCUT2D eigenvalue weighted by atomic mass is 10.1. The average Bonchev–Trinajstić information content (AvgIpc) is 3.00. The van der Waals surface area contributed by atoms with E-state index in [0.717, 1.165) is 30.0 Å². The first-order valence-corrected chi connectivity index (χ1v) is 6.87. The fourth-order valence-corrected chi connectivity index (χ4v) is 2.45. The van der Waals surface area contributed by atoms with Crippen molar-refractivity contribution in [3.8, 4) is 17.6 Å². The van der Waals surface area contributed by atoms with E-state index in [1.807, 2.05) is 30.3 Å². The van der Waals surface area contributed by atoms with Crippen LogP contribution in [0.15, 0.2) is 36.4 Å². The van der Waals surface area contributed by atoms with Gasteiger partial charge in [-0.1, -0.05) is 6.07 Å². The Labute approximate surface area is 123 Å². The molecule has 0 radical (unpaired) electrons. The molecule has 21 heavy (non-hydrogen) atoms. The van der Waals surface area contributed by atoms with Gasteiger partial charge in [0.15, 0.2) is 0 Å². The van der Waals surface area contributed by atoms with Crippen molar-refractivity contribution in [1.82, 2.24) is 0 Å². The molecule has 0 amide bonds. The van der Waals surface area contributed by atoms with Crippen molar-refractivity contribution in [2.24, 2.45) is 0 Å². The van der Waals surface area contributed by atoms with E-state index >= 15 is 0 Å². The smallest absolute Gasteiger partial charge is 0.136 e. The van der Waals surface area contributed by atoms with Crippen LogP contribution in [0.4, 0.5) is 5.69 Å². The van der Waals surface area contributed by atoms with E-state index in [4.69, 9.17) is 14.7 Å². The molecular weight excluding hydrogens is 264 g/mol. The van der Waals surface area contributed by atoms with Crippen LogP contribution in [0.1, 0.15) is 16.7 Å². The van der Waals surface area contributed by atoms with Crippen molar-refractivity contribution in [2.45, 2.75) is 13.0 Å². The van der Waals surface area contributed by atoms with Crippen LogP contribution in [0.25, 0.3) is 0 Å². The molecule has 1 heterocycles. The normalized spacial score (nSPS) is 12.2. The maximum absolute atomic E-state index is 9.10. The minimum Gasteiger partial charge on any atom is -0.495 e. The predicted octanol–water partition coefficient (Wildman–Crippen LogP) is 3.11. The number of fused-ring (bicyclic) bond motifs is 1. The lowest BCUT2D eigenvalue weighted by Crippen LogP contribution is -2.00. The van der Waals surface area contributed by atoms with Crippen LogP contribution in [-0.4, -0.2) is 13.7 Å². The van der Waals surface area contributed by atoms with Gasteiger partial charge in [-0.3, -0.25) is 0 Å². The third-order valence-corrected chi connectivity index (χ3v) is 3.57. The van der Waals surface area contributed by atoms with E-state index in [9.17, 15) is 0 Å². The second-order valence-corrected chi connectivity index (χ2v) is 4.92. The summed E-state index contributed by atoms with van der Waals surface area (Å²) in [6, 6.07) is 13.9. The van der Waals surface area contributed by atoms with Gasteiger partial charge in [-0.15, -0.1) is 0 Å². The summed E-state index contributed by atoms with van der Waals surface area (Å²) in [5.74, 6) is 1.59. The summed E-state index contributed by atoms with van der Waals surface area (Å²) >= 11 is 0. The van der Waals surface area contributed by atoms with Gasteiger partial charge >= 0.3 is 0 Å². The van der Waals surface area contributed by atoms with Gasteiger partial charge in [-0.2, -0.15) is 5.26 Å². The van der Waals surface area contributed by atoms with Gasteiger partial charge in [0.2, 0.25) is 0 Å². The van der Waals surface area contributed by atoms with Crippen LogP contribution in [0, 0.1) is 11.3 Å². The monoisotopic (exact) mass is 280 g/mol. The maximum Gasteiger partial charge on any atom is 0.136 e. The van der Waals surface area contributed by atoms with E-state index in [1.54, 1.807) is 7.11 Å². The first kappa shape index (κ1) is 13.3. The van der Waals surface area contributed by atoms with Crippen molar-refractivity contribution in [3.05, 3.63) is 53.1 Å². The summed E-state index contributed by atoms with van der Waals surface area (Å²) in [4.78, 5) is 0. The van der Waals surface area contributed by atoms with Crippen LogP contribution >= 0.6 is 0 Å². The molecule has 1 N–H and O–H groups in total. The Kier molecular flexibility index (Phi) is 3.65. The molecule has 1 aliphatic rings. The number of ether oxygens (including phenoxy) is 2. The standard InChI is InChI=1S/C17H16N2O2/c1-20-16-4-2-12(8-14(16)10-18)11-19-15-3-5-17-13(9-15)6-7-21-17/h2-5,8-9,19H,6-7,11H2,1H3. The number of nitriles is 1. The Morgan fingerprint density at radius 2 is 2.19 bits per heavy atom. The van der Waals surface area contributed by atoms with Crippen LogP contribution in [-0.2, 0) is 13.0 Å². The second-order valence-electron chi connectivity index (χ2n) is 4.92. The number of hydrogen-bond acceptors (Lipinski definition) is 4. The van der Waals surface area contributed by atoms with E-state index in [-0.39, 0.29) is 0 Å². The number of hydrogen-bond donors (Lipinski definition) is 1. The molecule has 0 aromatic heterocycles. The van der Waals surface area contributed by atoms with Crippen molar-refractivity contribution in [3.63, 3.8) is 0 Å². The molecular formula is C17H16N2O2. The zero-order valence-corrected chi connectivity index (χ0v) is 11.8. The van der Waals surface area contributed by atoms with Crippen LogP contribution in [0.5, 0.6) is 11.5 Å². The zero-order valence-electron chi connectivity index (χ0n) is 11.8. The van der Waals surface area contributed by atoms with E-state index in [2.05, 4.69) is 17.5 Å². The fraction of sp³-hybridized carbons (Fsp3) is 0.235. The number of anilines is 1. The summed E-state index contributed by atoms with van der Waals surface area (Å²) < 4.78 is 10.6. The lowest BCUT2D eigenvalue weighted by Gasteiger charge is -2.09. The SMILES string of the molecule is COc1ccc(CNc2ccc3c(c2)CCO3)cc1C#N. The average molecular weight is 280 g/mol. The second kappa shape index (κ2) is 5.76. The Balaban J connectivity index is 1.72. The Morgan fingerprint density at radius 1 is 1.29 bits per heavy atom. The molecule has 2 aromatic carbocycles. The number of rotatable bonds is 4. The number of benzene rings is 2. The van der Waals surface area contributed by atoms with Gasteiger partial charge in [-0.05, 0) is 41.5 Å². The van der Waals surface area contributed by atoms with Gasteiger partial charge in [0.25, 0.3) is 0 Å². The Bertz CT molecular complexity index is 704. The van der Waals surface area contributed by atoms with E-state index in [0.29, 0.717) is 17.9 Å². The van der Waals surface area contributed by atoms with Crippen molar-refractivity contribution in [2.75, 3.05) is 19.0 Å².